The first-order valence-corrected chi connectivity index (χ1v) is 16.1. The van der Waals surface area contributed by atoms with E-state index in [1.165, 1.54) is 0 Å². The van der Waals surface area contributed by atoms with Crippen LogP contribution in [0.3, 0.4) is 0 Å². The maximum absolute atomic E-state index is 12.1. The van der Waals surface area contributed by atoms with Crippen molar-refractivity contribution in [3.63, 3.8) is 0 Å². The van der Waals surface area contributed by atoms with Gasteiger partial charge in [-0.15, -0.1) is 0 Å². The maximum atomic E-state index is 12.1. The van der Waals surface area contributed by atoms with Crippen LogP contribution in [-0.2, 0) is 23.8 Å². The van der Waals surface area contributed by atoms with Crippen LogP contribution in [0, 0.1) is 0 Å². The molecule has 0 aliphatic carbocycles. The number of carbonyl (C=O) groups excluding carboxylic acids is 5. The SMILES string of the molecule is CC(C)(C)OC(=O)NCCCNCCCCNC(=O)C(=O)NCCCCCCN=C(NC(=O)OC(C)(C)C)NC(=O)OC(C)(C)C. The Kier molecular flexibility index (Phi) is 20.3. The number of carbonyl (C=O) groups is 5. The largest absolute Gasteiger partial charge is 0.444 e. The molecule has 0 aromatic carbocycles. The molecule has 0 aromatic heterocycles. The van der Waals surface area contributed by atoms with E-state index in [4.69, 9.17) is 14.2 Å². The monoisotopic (exact) mass is 657 g/mol. The van der Waals surface area contributed by atoms with E-state index in [9.17, 15) is 24.0 Å². The summed E-state index contributed by atoms with van der Waals surface area (Å²) in [5, 5.41) is 16.1. The Balaban J connectivity index is 4.07. The van der Waals surface area contributed by atoms with Gasteiger partial charge in [-0.1, -0.05) is 12.8 Å². The van der Waals surface area contributed by atoms with Crippen molar-refractivity contribution in [3.8, 4) is 0 Å². The predicted octanol–water partition coefficient (Wildman–Crippen LogP) is 3.47. The van der Waals surface area contributed by atoms with Gasteiger partial charge >= 0.3 is 30.1 Å². The van der Waals surface area contributed by atoms with Gasteiger partial charge in [-0.25, -0.2) is 14.4 Å². The van der Waals surface area contributed by atoms with Crippen molar-refractivity contribution in [2.24, 2.45) is 4.99 Å². The van der Waals surface area contributed by atoms with Crippen LogP contribution in [-0.4, -0.2) is 92.1 Å². The molecule has 0 unspecified atom stereocenters. The molecule has 0 saturated heterocycles. The Morgan fingerprint density at radius 1 is 0.478 bits per heavy atom. The van der Waals surface area contributed by atoms with E-state index >= 15 is 0 Å². The van der Waals surface area contributed by atoms with Crippen LogP contribution in [0.4, 0.5) is 14.4 Å². The Labute approximate surface area is 274 Å². The summed E-state index contributed by atoms with van der Waals surface area (Å²) < 4.78 is 15.6. The van der Waals surface area contributed by atoms with Crippen LogP contribution in [0.2, 0.25) is 0 Å². The Bertz CT molecular complexity index is 951. The van der Waals surface area contributed by atoms with E-state index in [2.05, 4.69) is 36.9 Å². The minimum absolute atomic E-state index is 0.0669. The van der Waals surface area contributed by atoms with Gasteiger partial charge in [0, 0.05) is 26.2 Å². The van der Waals surface area contributed by atoms with Crippen LogP contribution >= 0.6 is 0 Å². The van der Waals surface area contributed by atoms with Crippen molar-refractivity contribution < 1.29 is 38.2 Å². The molecule has 15 nitrogen and oxygen atoms in total. The number of alkyl carbamates (subject to hydrolysis) is 3. The summed E-state index contributed by atoms with van der Waals surface area (Å²) in [6.07, 6.45) is 3.32. The number of guanidine groups is 1. The van der Waals surface area contributed by atoms with Gasteiger partial charge < -0.3 is 35.5 Å². The molecule has 6 N–H and O–H groups in total. The smallest absolute Gasteiger partial charge is 0.414 e. The highest BCUT2D eigenvalue weighted by Crippen LogP contribution is 2.08. The lowest BCUT2D eigenvalue weighted by Gasteiger charge is -2.22. The molecule has 0 aliphatic heterocycles. The lowest BCUT2D eigenvalue weighted by atomic mass is 10.2. The van der Waals surface area contributed by atoms with E-state index in [0.29, 0.717) is 39.0 Å². The van der Waals surface area contributed by atoms with Crippen molar-refractivity contribution in [1.29, 1.82) is 0 Å². The zero-order valence-electron chi connectivity index (χ0n) is 29.4. The Morgan fingerprint density at radius 2 is 0.870 bits per heavy atom. The van der Waals surface area contributed by atoms with Crippen LogP contribution in [0.15, 0.2) is 4.99 Å². The first kappa shape index (κ1) is 42.4. The third kappa shape index (κ3) is 27.9. The second-order valence-corrected chi connectivity index (χ2v) is 13.6. The lowest BCUT2D eigenvalue weighted by Crippen LogP contribution is -2.47. The van der Waals surface area contributed by atoms with E-state index in [1.54, 1.807) is 41.5 Å². The third-order valence-electron chi connectivity index (χ3n) is 5.35. The van der Waals surface area contributed by atoms with Gasteiger partial charge in [0.1, 0.15) is 16.8 Å². The van der Waals surface area contributed by atoms with Gasteiger partial charge in [-0.05, 0) is 108 Å². The van der Waals surface area contributed by atoms with Gasteiger partial charge in [0.15, 0.2) is 0 Å². The van der Waals surface area contributed by atoms with Crippen molar-refractivity contribution >= 4 is 36.1 Å². The number of aliphatic imine (C=N–C) groups is 1. The first-order valence-electron chi connectivity index (χ1n) is 16.1. The first-order chi connectivity index (χ1) is 21.3. The topological polar surface area (TPSA) is 198 Å². The van der Waals surface area contributed by atoms with Gasteiger partial charge in [0.05, 0.1) is 0 Å². The molecule has 0 heterocycles. The summed E-state index contributed by atoms with van der Waals surface area (Å²) in [4.78, 5) is 64.1. The highest BCUT2D eigenvalue weighted by Gasteiger charge is 2.21. The Hall–Kier alpha value is -3.62. The zero-order valence-corrected chi connectivity index (χ0v) is 29.4. The fourth-order valence-electron chi connectivity index (χ4n) is 3.47. The standard InChI is InChI=1S/C31H59N7O8/c1-29(2,3)44-26(41)36-22-16-18-32-17-14-15-20-34-24(40)23(39)33-19-12-10-11-13-21-35-25(37-27(42)45-30(4,5)6)38-28(43)46-31(7,8)9/h32H,10-22H2,1-9H3,(H,33,39)(H,34,40)(H,36,41)(H2,35,37,38,42,43). The summed E-state index contributed by atoms with van der Waals surface area (Å²) in [7, 11) is 0. The van der Waals surface area contributed by atoms with Crippen LogP contribution in [0.1, 0.15) is 107 Å². The van der Waals surface area contributed by atoms with E-state index in [1.807, 2.05) is 20.8 Å². The van der Waals surface area contributed by atoms with Crippen LogP contribution < -0.4 is 31.9 Å². The Morgan fingerprint density at radius 3 is 1.37 bits per heavy atom. The summed E-state index contributed by atoms with van der Waals surface area (Å²) >= 11 is 0. The summed E-state index contributed by atoms with van der Waals surface area (Å²) in [5.74, 6) is -1.38. The van der Waals surface area contributed by atoms with Gasteiger partial charge in [0.2, 0.25) is 5.96 Å². The second kappa shape index (κ2) is 22.0. The molecule has 5 amide bonds. The number of hydrogen-bond acceptors (Lipinski definition) is 10. The number of hydrogen-bond donors (Lipinski definition) is 6. The molecule has 0 aliphatic rings. The normalized spacial score (nSPS) is 11.5. The molecule has 0 saturated carbocycles. The number of unbranched alkanes of at least 4 members (excludes halogenated alkanes) is 4. The van der Waals surface area contributed by atoms with Gasteiger partial charge in [0.25, 0.3) is 0 Å². The van der Waals surface area contributed by atoms with Crippen molar-refractivity contribution in [3.05, 3.63) is 0 Å². The van der Waals surface area contributed by atoms with E-state index in [0.717, 1.165) is 45.2 Å². The molecule has 0 fully saturated rings. The number of ether oxygens (including phenoxy) is 3. The fourth-order valence-corrected chi connectivity index (χ4v) is 3.47. The number of nitrogens with zero attached hydrogens (tertiary/aromatic N) is 1. The number of amides is 5. The maximum Gasteiger partial charge on any atom is 0.414 e. The predicted molar refractivity (Wildman–Crippen MR) is 176 cm³/mol. The molecule has 0 rings (SSSR count). The third-order valence-corrected chi connectivity index (χ3v) is 5.35. The minimum atomic E-state index is -0.753. The van der Waals surface area contributed by atoms with Crippen LogP contribution in [0.5, 0.6) is 0 Å². The molecule has 0 atom stereocenters. The molecule has 0 aromatic rings. The highest BCUT2D eigenvalue weighted by atomic mass is 16.6. The molecular weight excluding hydrogens is 598 g/mol. The molecule has 46 heavy (non-hydrogen) atoms. The highest BCUT2D eigenvalue weighted by molar-refractivity contribution is 6.35. The van der Waals surface area contributed by atoms with E-state index < -0.39 is 46.9 Å². The molecule has 0 bridgehead atoms. The fraction of sp³-hybridized carbons (Fsp3) is 0.806. The van der Waals surface area contributed by atoms with Crippen molar-refractivity contribution in [2.45, 2.75) is 124 Å². The summed E-state index contributed by atoms with van der Waals surface area (Å²) in [6.45, 7) is 18.9. The molecule has 0 radical (unpaired) electrons. The molecule has 266 valence electrons. The average Bonchev–Trinajstić information content (AvgIpc) is 2.87. The number of rotatable bonds is 16. The lowest BCUT2D eigenvalue weighted by molar-refractivity contribution is -0.139. The van der Waals surface area contributed by atoms with Gasteiger partial charge in [-0.3, -0.25) is 25.2 Å². The summed E-state index contributed by atoms with van der Waals surface area (Å²) in [5.41, 5.74) is -1.96. The minimum Gasteiger partial charge on any atom is -0.444 e. The second-order valence-electron chi connectivity index (χ2n) is 13.6. The molecule has 15 heteroatoms. The van der Waals surface area contributed by atoms with Crippen molar-refractivity contribution in [2.75, 3.05) is 39.3 Å². The molecule has 0 spiro atoms. The average molecular weight is 658 g/mol. The van der Waals surface area contributed by atoms with E-state index in [-0.39, 0.29) is 5.96 Å². The zero-order chi connectivity index (χ0) is 35.2. The quantitative estimate of drug-likeness (QED) is 0.0473. The van der Waals surface area contributed by atoms with Crippen molar-refractivity contribution in [1.82, 2.24) is 31.9 Å². The van der Waals surface area contributed by atoms with Gasteiger partial charge in [-0.2, -0.15) is 0 Å². The number of nitrogens with one attached hydrogen (secondary N) is 6. The summed E-state index contributed by atoms with van der Waals surface area (Å²) in [6, 6.07) is 0. The van der Waals surface area contributed by atoms with Crippen LogP contribution in [0.25, 0.3) is 0 Å². The molecular formula is C31H59N7O8.